The van der Waals surface area contributed by atoms with Crippen molar-refractivity contribution in [1.29, 1.82) is 0 Å². The van der Waals surface area contributed by atoms with Crippen LogP contribution in [0.3, 0.4) is 0 Å². The molecule has 1 fully saturated rings. The lowest BCUT2D eigenvalue weighted by Gasteiger charge is -2.26. The lowest BCUT2D eigenvalue weighted by Crippen LogP contribution is -2.37. The van der Waals surface area contributed by atoms with E-state index in [4.69, 9.17) is 5.11 Å². The standard InChI is InChI=1S/C8H15NO2S/c10-5-1-2-8(11)9-3-6-12-7-4-9/h10H,1-7H2. The van der Waals surface area contributed by atoms with Crippen LogP contribution in [-0.4, -0.2) is 47.1 Å². The van der Waals surface area contributed by atoms with Crippen LogP contribution in [0, 0.1) is 0 Å². The topological polar surface area (TPSA) is 40.5 Å². The Kier molecular flexibility index (Phi) is 4.46. The summed E-state index contributed by atoms with van der Waals surface area (Å²) in [6, 6.07) is 0. The quantitative estimate of drug-likeness (QED) is 0.695. The van der Waals surface area contributed by atoms with Crippen molar-refractivity contribution in [3.63, 3.8) is 0 Å². The lowest BCUT2D eigenvalue weighted by molar-refractivity contribution is -0.131. The summed E-state index contributed by atoms with van der Waals surface area (Å²) >= 11 is 1.90. The molecule has 0 spiro atoms. The van der Waals surface area contributed by atoms with Crippen LogP contribution in [0.1, 0.15) is 12.8 Å². The summed E-state index contributed by atoms with van der Waals surface area (Å²) in [4.78, 5) is 13.3. The fourth-order valence-corrected chi connectivity index (χ4v) is 2.10. The van der Waals surface area contributed by atoms with Gasteiger partial charge in [-0.1, -0.05) is 0 Å². The van der Waals surface area contributed by atoms with Gasteiger partial charge in [0.1, 0.15) is 0 Å². The first-order valence-electron chi connectivity index (χ1n) is 4.31. The van der Waals surface area contributed by atoms with E-state index in [-0.39, 0.29) is 12.5 Å². The van der Waals surface area contributed by atoms with Crippen molar-refractivity contribution < 1.29 is 9.90 Å². The number of amides is 1. The molecule has 3 nitrogen and oxygen atoms in total. The Bertz CT molecular complexity index is 146. The van der Waals surface area contributed by atoms with E-state index in [0.717, 1.165) is 24.6 Å². The highest BCUT2D eigenvalue weighted by Crippen LogP contribution is 2.10. The number of carbonyl (C=O) groups excluding carboxylic acids is 1. The first kappa shape index (κ1) is 9.86. The summed E-state index contributed by atoms with van der Waals surface area (Å²) in [6.07, 6.45) is 1.10. The molecule has 1 aliphatic rings. The van der Waals surface area contributed by atoms with Crippen LogP contribution in [0.4, 0.5) is 0 Å². The van der Waals surface area contributed by atoms with E-state index >= 15 is 0 Å². The van der Waals surface area contributed by atoms with Crippen LogP contribution in [-0.2, 0) is 4.79 Å². The molecule has 0 unspecified atom stereocenters. The van der Waals surface area contributed by atoms with Crippen LogP contribution in [0.2, 0.25) is 0 Å². The third kappa shape index (κ3) is 3.03. The predicted octanol–water partition coefficient (Wildman–Crippen LogP) is 0.334. The van der Waals surface area contributed by atoms with Crippen LogP contribution in [0.5, 0.6) is 0 Å². The maximum atomic E-state index is 11.4. The molecule has 1 heterocycles. The van der Waals surface area contributed by atoms with Gasteiger partial charge in [0.15, 0.2) is 0 Å². The minimum absolute atomic E-state index is 0.119. The number of rotatable bonds is 3. The molecule has 0 aromatic heterocycles. The van der Waals surface area contributed by atoms with Gasteiger partial charge in [-0.15, -0.1) is 0 Å². The van der Waals surface area contributed by atoms with E-state index in [1.165, 1.54) is 0 Å². The van der Waals surface area contributed by atoms with Crippen LogP contribution in [0.25, 0.3) is 0 Å². The second-order valence-corrected chi connectivity index (χ2v) is 4.05. The van der Waals surface area contributed by atoms with E-state index < -0.39 is 0 Å². The third-order valence-electron chi connectivity index (χ3n) is 1.91. The molecule has 1 saturated heterocycles. The maximum absolute atomic E-state index is 11.4. The average molecular weight is 189 g/mol. The Balaban J connectivity index is 2.20. The SMILES string of the molecule is O=C(CCCO)N1CCSCC1. The Hall–Kier alpha value is -0.220. The summed E-state index contributed by atoms with van der Waals surface area (Å²) in [7, 11) is 0. The van der Waals surface area contributed by atoms with E-state index in [1.54, 1.807) is 0 Å². The van der Waals surface area contributed by atoms with E-state index in [1.807, 2.05) is 16.7 Å². The zero-order chi connectivity index (χ0) is 8.81. The molecule has 0 radical (unpaired) electrons. The Morgan fingerprint density at radius 2 is 2.08 bits per heavy atom. The minimum Gasteiger partial charge on any atom is -0.396 e. The Morgan fingerprint density at radius 3 is 2.67 bits per heavy atom. The van der Waals surface area contributed by atoms with Crippen molar-refractivity contribution in [2.45, 2.75) is 12.8 Å². The molecule has 0 aromatic rings. The molecule has 4 heteroatoms. The van der Waals surface area contributed by atoms with Crippen LogP contribution < -0.4 is 0 Å². The largest absolute Gasteiger partial charge is 0.396 e. The summed E-state index contributed by atoms with van der Waals surface area (Å²) < 4.78 is 0. The zero-order valence-corrected chi connectivity index (χ0v) is 7.98. The van der Waals surface area contributed by atoms with Gasteiger partial charge >= 0.3 is 0 Å². The molecular weight excluding hydrogens is 174 g/mol. The van der Waals surface area contributed by atoms with Crippen molar-refractivity contribution in [3.8, 4) is 0 Å². The fraction of sp³-hybridized carbons (Fsp3) is 0.875. The first-order chi connectivity index (χ1) is 5.84. The van der Waals surface area contributed by atoms with E-state index in [2.05, 4.69) is 0 Å². The molecule has 0 saturated carbocycles. The molecule has 0 aromatic carbocycles. The first-order valence-corrected chi connectivity index (χ1v) is 5.46. The van der Waals surface area contributed by atoms with Crippen molar-refractivity contribution in [2.75, 3.05) is 31.2 Å². The van der Waals surface area contributed by atoms with Gasteiger partial charge in [0.25, 0.3) is 0 Å². The zero-order valence-electron chi connectivity index (χ0n) is 7.16. The second-order valence-electron chi connectivity index (χ2n) is 2.82. The van der Waals surface area contributed by atoms with Gasteiger partial charge in [0, 0.05) is 37.6 Å². The van der Waals surface area contributed by atoms with Gasteiger partial charge < -0.3 is 10.0 Å². The second kappa shape index (κ2) is 5.43. The highest BCUT2D eigenvalue weighted by molar-refractivity contribution is 7.99. The van der Waals surface area contributed by atoms with Gasteiger partial charge in [-0.3, -0.25) is 4.79 Å². The average Bonchev–Trinajstić information content (AvgIpc) is 2.15. The van der Waals surface area contributed by atoms with Crippen LogP contribution in [0.15, 0.2) is 0 Å². The fourth-order valence-electron chi connectivity index (χ4n) is 1.20. The molecule has 70 valence electrons. The third-order valence-corrected chi connectivity index (χ3v) is 2.86. The molecule has 0 bridgehead atoms. The van der Waals surface area contributed by atoms with Gasteiger partial charge in [-0.25, -0.2) is 0 Å². The summed E-state index contributed by atoms with van der Waals surface area (Å²) in [5.74, 6) is 2.32. The highest BCUT2D eigenvalue weighted by atomic mass is 32.2. The molecule has 12 heavy (non-hydrogen) atoms. The number of aliphatic hydroxyl groups excluding tert-OH is 1. The molecule has 1 aliphatic heterocycles. The minimum atomic E-state index is 0.119. The number of aliphatic hydroxyl groups is 1. The molecule has 1 amide bonds. The monoisotopic (exact) mass is 189 g/mol. The van der Waals surface area contributed by atoms with Crippen molar-refractivity contribution in [3.05, 3.63) is 0 Å². The number of carbonyl (C=O) groups is 1. The number of nitrogens with zero attached hydrogens (tertiary/aromatic N) is 1. The maximum Gasteiger partial charge on any atom is 0.222 e. The number of thioether (sulfide) groups is 1. The number of hydrogen-bond donors (Lipinski definition) is 1. The van der Waals surface area contributed by atoms with Crippen LogP contribution >= 0.6 is 11.8 Å². The van der Waals surface area contributed by atoms with Gasteiger partial charge in [-0.05, 0) is 6.42 Å². The predicted molar refractivity (Wildman–Crippen MR) is 50.2 cm³/mol. The van der Waals surface area contributed by atoms with Crippen molar-refractivity contribution in [2.24, 2.45) is 0 Å². The summed E-state index contributed by atoms with van der Waals surface area (Å²) in [5.41, 5.74) is 0. The number of hydrogen-bond acceptors (Lipinski definition) is 3. The molecule has 1 N–H and O–H groups in total. The smallest absolute Gasteiger partial charge is 0.222 e. The van der Waals surface area contributed by atoms with Gasteiger partial charge in [-0.2, -0.15) is 11.8 Å². The normalized spacial score (nSPS) is 17.9. The molecular formula is C8H15NO2S. The van der Waals surface area contributed by atoms with Gasteiger partial charge in [0.05, 0.1) is 0 Å². The molecule has 0 aliphatic carbocycles. The summed E-state index contributed by atoms with van der Waals surface area (Å²) in [6.45, 7) is 1.89. The van der Waals surface area contributed by atoms with Gasteiger partial charge in [0.2, 0.25) is 5.91 Å². The van der Waals surface area contributed by atoms with Crippen molar-refractivity contribution >= 4 is 17.7 Å². The highest BCUT2D eigenvalue weighted by Gasteiger charge is 2.15. The van der Waals surface area contributed by atoms with E-state index in [0.29, 0.717) is 12.8 Å². The Labute approximate surface area is 77.1 Å². The van der Waals surface area contributed by atoms with Crippen molar-refractivity contribution in [1.82, 2.24) is 4.90 Å². The summed E-state index contributed by atoms with van der Waals surface area (Å²) in [5, 5.41) is 8.54. The Morgan fingerprint density at radius 1 is 1.42 bits per heavy atom. The van der Waals surface area contributed by atoms with E-state index in [9.17, 15) is 4.79 Å². The molecule has 1 rings (SSSR count). The lowest BCUT2D eigenvalue weighted by atomic mass is 10.3. The molecule has 0 atom stereocenters.